The van der Waals surface area contributed by atoms with Crippen LogP contribution < -0.4 is 10.6 Å². The number of hydrogen-bond donors (Lipinski definition) is 2. The summed E-state index contributed by atoms with van der Waals surface area (Å²) in [4.78, 5) is 12.1. The molecule has 0 aliphatic heterocycles. The summed E-state index contributed by atoms with van der Waals surface area (Å²) < 4.78 is 0. The number of amides is 1. The van der Waals surface area contributed by atoms with Crippen molar-refractivity contribution in [1.29, 1.82) is 0 Å². The minimum atomic E-state index is 0. The smallest absolute Gasteiger partial charge is 0.238 e. The van der Waals surface area contributed by atoms with Gasteiger partial charge in [0.05, 0.1) is 6.54 Å². The van der Waals surface area contributed by atoms with E-state index < -0.39 is 0 Å². The second-order valence-corrected chi connectivity index (χ2v) is 6.23. The Balaban J connectivity index is 0.00000144. The number of carbonyl (C=O) groups is 1. The number of anilines is 1. The highest BCUT2D eigenvalue weighted by Gasteiger charge is 2.21. The fourth-order valence-electron chi connectivity index (χ4n) is 3.26. The topological polar surface area (TPSA) is 41.1 Å². The van der Waals surface area contributed by atoms with E-state index in [1.165, 1.54) is 34.7 Å². The van der Waals surface area contributed by atoms with Gasteiger partial charge in [-0.3, -0.25) is 4.79 Å². The van der Waals surface area contributed by atoms with E-state index >= 15 is 0 Å². The van der Waals surface area contributed by atoms with E-state index in [0.29, 0.717) is 6.54 Å². The summed E-state index contributed by atoms with van der Waals surface area (Å²) in [7, 11) is 0. The third-order valence-electron chi connectivity index (χ3n) is 4.57. The average molecular weight is 317 g/mol. The van der Waals surface area contributed by atoms with Crippen LogP contribution in [0.5, 0.6) is 0 Å². The lowest BCUT2D eigenvalue weighted by Crippen LogP contribution is -2.29. The van der Waals surface area contributed by atoms with Gasteiger partial charge in [0.15, 0.2) is 0 Å². The van der Waals surface area contributed by atoms with Crippen molar-refractivity contribution in [1.82, 2.24) is 5.32 Å². The Morgan fingerprint density at radius 1 is 1.09 bits per heavy atom. The second-order valence-electron chi connectivity index (χ2n) is 6.23. The summed E-state index contributed by atoms with van der Waals surface area (Å²) in [6.07, 6.45) is 4.85. The molecule has 116 valence electrons. The standard InChI is InChI=1S/C18H20N2O.ClH/c21-17(11-19-10-12-4-5-12)20-16-9-8-14-7-6-13-2-1-3-15(16)18(13)14;/h1-3,8-9,12,19H,4-7,10-11H2,(H,20,21);1H. The quantitative estimate of drug-likeness (QED) is 0.888. The summed E-state index contributed by atoms with van der Waals surface area (Å²) in [5.41, 5.74) is 3.76. The third kappa shape index (κ3) is 2.96. The van der Waals surface area contributed by atoms with E-state index in [0.717, 1.165) is 31.0 Å². The minimum Gasteiger partial charge on any atom is -0.324 e. The van der Waals surface area contributed by atoms with Crippen LogP contribution in [0.3, 0.4) is 0 Å². The lowest BCUT2D eigenvalue weighted by Gasteiger charge is -2.11. The van der Waals surface area contributed by atoms with E-state index in [-0.39, 0.29) is 18.3 Å². The van der Waals surface area contributed by atoms with Crippen molar-refractivity contribution in [3.8, 4) is 0 Å². The molecule has 4 heteroatoms. The third-order valence-corrected chi connectivity index (χ3v) is 4.57. The van der Waals surface area contributed by atoms with Crippen molar-refractivity contribution in [2.75, 3.05) is 18.4 Å². The Morgan fingerprint density at radius 3 is 2.64 bits per heavy atom. The van der Waals surface area contributed by atoms with Gasteiger partial charge in [0.1, 0.15) is 0 Å². The minimum absolute atomic E-state index is 0. The number of rotatable bonds is 5. The lowest BCUT2D eigenvalue weighted by molar-refractivity contribution is -0.115. The maximum absolute atomic E-state index is 12.1. The van der Waals surface area contributed by atoms with Gasteiger partial charge in [-0.25, -0.2) is 0 Å². The molecule has 1 fully saturated rings. The molecular weight excluding hydrogens is 296 g/mol. The first-order valence-electron chi connectivity index (χ1n) is 7.85. The molecule has 2 aromatic carbocycles. The first kappa shape index (κ1) is 15.3. The van der Waals surface area contributed by atoms with Crippen molar-refractivity contribution in [2.24, 2.45) is 5.92 Å². The number of benzene rings is 2. The van der Waals surface area contributed by atoms with Crippen LogP contribution in [0, 0.1) is 5.92 Å². The molecule has 2 aliphatic rings. The van der Waals surface area contributed by atoms with Gasteiger partial charge in [0.2, 0.25) is 5.91 Å². The molecular formula is C18H21ClN2O. The van der Waals surface area contributed by atoms with Gasteiger partial charge < -0.3 is 10.6 Å². The maximum atomic E-state index is 12.1. The summed E-state index contributed by atoms with van der Waals surface area (Å²) in [6.45, 7) is 1.37. The molecule has 0 heterocycles. The zero-order chi connectivity index (χ0) is 14.2. The molecule has 0 aromatic heterocycles. The van der Waals surface area contributed by atoms with Gasteiger partial charge in [0, 0.05) is 11.1 Å². The van der Waals surface area contributed by atoms with Gasteiger partial charge in [-0.1, -0.05) is 24.3 Å². The van der Waals surface area contributed by atoms with Crippen LogP contribution in [0.25, 0.3) is 10.8 Å². The first-order chi connectivity index (χ1) is 10.3. The zero-order valence-electron chi connectivity index (χ0n) is 12.5. The molecule has 2 aliphatic carbocycles. The van der Waals surface area contributed by atoms with E-state index in [1.807, 2.05) is 6.07 Å². The Bertz CT molecular complexity index is 699. The highest BCUT2D eigenvalue weighted by Crippen LogP contribution is 2.34. The second kappa shape index (κ2) is 6.27. The molecule has 4 rings (SSSR count). The van der Waals surface area contributed by atoms with Crippen LogP contribution in [0.15, 0.2) is 30.3 Å². The molecule has 22 heavy (non-hydrogen) atoms. The first-order valence-corrected chi connectivity index (χ1v) is 7.85. The van der Waals surface area contributed by atoms with Crippen molar-refractivity contribution < 1.29 is 4.79 Å². The molecule has 0 saturated heterocycles. The molecule has 0 bridgehead atoms. The number of halogens is 1. The zero-order valence-corrected chi connectivity index (χ0v) is 13.3. The molecule has 2 aromatic rings. The highest BCUT2D eigenvalue weighted by molar-refractivity contribution is 6.05. The molecule has 1 amide bonds. The Kier molecular flexibility index (Phi) is 4.37. The van der Waals surface area contributed by atoms with Crippen LogP contribution in [-0.4, -0.2) is 19.0 Å². The summed E-state index contributed by atoms with van der Waals surface area (Å²) >= 11 is 0. The van der Waals surface area contributed by atoms with E-state index in [9.17, 15) is 4.79 Å². The van der Waals surface area contributed by atoms with Gasteiger partial charge in [-0.2, -0.15) is 0 Å². The van der Waals surface area contributed by atoms with Crippen LogP contribution >= 0.6 is 12.4 Å². The predicted octanol–water partition coefficient (Wildman–Crippen LogP) is 3.30. The van der Waals surface area contributed by atoms with E-state index in [2.05, 4.69) is 34.9 Å². The van der Waals surface area contributed by atoms with Crippen molar-refractivity contribution in [2.45, 2.75) is 25.7 Å². The Morgan fingerprint density at radius 2 is 1.86 bits per heavy atom. The van der Waals surface area contributed by atoms with Crippen molar-refractivity contribution >= 4 is 34.8 Å². The average Bonchev–Trinajstić information content (AvgIpc) is 3.22. The highest BCUT2D eigenvalue weighted by atomic mass is 35.5. The van der Waals surface area contributed by atoms with E-state index in [1.54, 1.807) is 0 Å². The summed E-state index contributed by atoms with van der Waals surface area (Å²) in [6, 6.07) is 10.6. The van der Waals surface area contributed by atoms with Crippen LogP contribution in [0.2, 0.25) is 0 Å². The van der Waals surface area contributed by atoms with Crippen LogP contribution in [-0.2, 0) is 17.6 Å². The van der Waals surface area contributed by atoms with E-state index in [4.69, 9.17) is 0 Å². The summed E-state index contributed by atoms with van der Waals surface area (Å²) in [5.74, 6) is 0.851. The van der Waals surface area contributed by atoms with Gasteiger partial charge in [-0.15, -0.1) is 12.4 Å². The predicted molar refractivity (Wildman–Crippen MR) is 92.8 cm³/mol. The maximum Gasteiger partial charge on any atom is 0.238 e. The van der Waals surface area contributed by atoms with Crippen LogP contribution in [0.1, 0.15) is 24.0 Å². The van der Waals surface area contributed by atoms with Crippen molar-refractivity contribution in [3.05, 3.63) is 41.5 Å². The Labute approximate surface area is 136 Å². The largest absolute Gasteiger partial charge is 0.324 e. The number of hydrogen-bond acceptors (Lipinski definition) is 2. The van der Waals surface area contributed by atoms with Gasteiger partial charge in [0.25, 0.3) is 0 Å². The van der Waals surface area contributed by atoms with Crippen molar-refractivity contribution in [3.63, 3.8) is 0 Å². The van der Waals surface area contributed by atoms with Gasteiger partial charge in [-0.05, 0) is 60.7 Å². The monoisotopic (exact) mass is 316 g/mol. The molecule has 3 nitrogen and oxygen atoms in total. The molecule has 0 atom stereocenters. The molecule has 0 spiro atoms. The number of carbonyl (C=O) groups excluding carboxylic acids is 1. The number of nitrogens with one attached hydrogen (secondary N) is 2. The van der Waals surface area contributed by atoms with Crippen LogP contribution in [0.4, 0.5) is 5.69 Å². The molecule has 1 saturated carbocycles. The normalized spacial score (nSPS) is 15.6. The van der Waals surface area contributed by atoms with Gasteiger partial charge >= 0.3 is 0 Å². The number of aryl methyl sites for hydroxylation is 2. The lowest BCUT2D eigenvalue weighted by atomic mass is 10.0. The summed E-state index contributed by atoms with van der Waals surface area (Å²) in [5, 5.41) is 8.83. The Hall–Kier alpha value is -1.58. The fraction of sp³-hybridized carbons (Fsp3) is 0.389. The SMILES string of the molecule is Cl.O=C(CNCC1CC1)Nc1ccc2c3c(cccc13)CC2. The molecule has 2 N–H and O–H groups in total. The fourth-order valence-corrected chi connectivity index (χ4v) is 3.26. The molecule has 0 radical (unpaired) electrons. The molecule has 0 unspecified atom stereocenters.